The molecule has 2 fully saturated rings. The lowest BCUT2D eigenvalue weighted by Gasteiger charge is -2.35. The van der Waals surface area contributed by atoms with Gasteiger partial charge in [-0.1, -0.05) is 6.07 Å². The first-order valence-electron chi connectivity index (χ1n) is 7.65. The van der Waals surface area contributed by atoms with Crippen LogP contribution in [0.3, 0.4) is 0 Å². The van der Waals surface area contributed by atoms with Crippen LogP contribution in [0.5, 0.6) is 5.75 Å². The molecule has 2 heterocycles. The summed E-state index contributed by atoms with van der Waals surface area (Å²) in [7, 11) is 1.68. The van der Waals surface area contributed by atoms with Crippen LogP contribution in [0.2, 0.25) is 0 Å². The van der Waals surface area contributed by atoms with E-state index in [1.807, 2.05) is 6.07 Å². The average Bonchev–Trinajstić information content (AvgIpc) is 2.95. The first-order valence-corrected chi connectivity index (χ1v) is 8.44. The molecule has 0 spiro atoms. The van der Waals surface area contributed by atoms with E-state index in [0.29, 0.717) is 12.1 Å². The normalized spacial score (nSPS) is 25.8. The Labute approximate surface area is 134 Å². The molecule has 1 aromatic carbocycles. The fourth-order valence-corrected chi connectivity index (χ4v) is 3.79. The van der Waals surface area contributed by atoms with Gasteiger partial charge in [-0.25, -0.2) is 0 Å². The predicted molar refractivity (Wildman–Crippen MR) is 86.7 cm³/mol. The Bertz CT molecular complexity index is 483. The van der Waals surface area contributed by atoms with Crippen molar-refractivity contribution in [2.24, 2.45) is 0 Å². The maximum Gasteiger partial charge on any atom is 0.133 e. The lowest BCUT2D eigenvalue weighted by molar-refractivity contribution is -0.0470. The number of nitrogens with one attached hydrogen (secondary N) is 1. The van der Waals surface area contributed by atoms with Crippen LogP contribution in [0.4, 0.5) is 0 Å². The third-order valence-electron chi connectivity index (χ3n) is 4.38. The smallest absolute Gasteiger partial charge is 0.133 e. The molecule has 0 bridgehead atoms. The van der Waals surface area contributed by atoms with Gasteiger partial charge in [-0.2, -0.15) is 0 Å². The van der Waals surface area contributed by atoms with E-state index in [0.717, 1.165) is 36.5 Å². The molecule has 2 unspecified atom stereocenters. The lowest BCUT2D eigenvalue weighted by atomic mass is 10.2. The second kappa shape index (κ2) is 7.09. The molecule has 1 aromatic rings. The molecule has 0 aliphatic carbocycles. The standard InChI is InChI=1S/C16H23BrN2O2/c1-20-16-5-4-12(7-15(16)17)8-18-9-14-10-19-6-2-3-13(19)11-21-14/h4-5,7,13-14,18H,2-3,6,8-11H2,1H3. The molecule has 21 heavy (non-hydrogen) atoms. The zero-order chi connectivity index (χ0) is 14.7. The molecular weight excluding hydrogens is 332 g/mol. The predicted octanol–water partition coefficient (Wildman–Crippen LogP) is 2.41. The van der Waals surface area contributed by atoms with Crippen LogP contribution in [0, 0.1) is 0 Å². The van der Waals surface area contributed by atoms with Crippen molar-refractivity contribution in [1.82, 2.24) is 10.2 Å². The van der Waals surface area contributed by atoms with Crippen molar-refractivity contribution in [3.63, 3.8) is 0 Å². The fraction of sp³-hybridized carbons (Fsp3) is 0.625. The third kappa shape index (κ3) is 3.77. The van der Waals surface area contributed by atoms with Crippen LogP contribution in [0.1, 0.15) is 18.4 Å². The van der Waals surface area contributed by atoms with Crippen LogP contribution < -0.4 is 10.1 Å². The number of halogens is 1. The minimum absolute atomic E-state index is 0.320. The summed E-state index contributed by atoms with van der Waals surface area (Å²) in [4.78, 5) is 2.58. The van der Waals surface area contributed by atoms with Crippen LogP contribution in [-0.2, 0) is 11.3 Å². The highest BCUT2D eigenvalue weighted by atomic mass is 79.9. The summed E-state index contributed by atoms with van der Waals surface area (Å²) in [6, 6.07) is 6.87. The summed E-state index contributed by atoms with van der Waals surface area (Å²) >= 11 is 3.52. The topological polar surface area (TPSA) is 33.7 Å². The SMILES string of the molecule is COc1ccc(CNCC2CN3CCCC3CO2)cc1Br. The number of fused-ring (bicyclic) bond motifs is 1. The molecular formula is C16H23BrN2O2. The molecule has 2 aliphatic heterocycles. The maximum atomic E-state index is 5.96. The summed E-state index contributed by atoms with van der Waals surface area (Å²) in [6.07, 6.45) is 2.95. The molecule has 4 nitrogen and oxygen atoms in total. The number of benzene rings is 1. The van der Waals surface area contributed by atoms with E-state index >= 15 is 0 Å². The average molecular weight is 355 g/mol. The monoisotopic (exact) mass is 354 g/mol. The maximum absolute atomic E-state index is 5.96. The number of hydrogen-bond acceptors (Lipinski definition) is 4. The number of methoxy groups -OCH3 is 1. The van der Waals surface area contributed by atoms with Crippen molar-refractivity contribution in [1.29, 1.82) is 0 Å². The summed E-state index contributed by atoms with van der Waals surface area (Å²) < 4.78 is 12.2. The summed E-state index contributed by atoms with van der Waals surface area (Å²) in [5.74, 6) is 0.870. The second-order valence-corrected chi connectivity index (χ2v) is 6.70. The van der Waals surface area contributed by atoms with Crippen LogP contribution in [0.15, 0.2) is 22.7 Å². The van der Waals surface area contributed by atoms with Crippen LogP contribution in [0.25, 0.3) is 0 Å². The Kier molecular flexibility index (Phi) is 5.16. The summed E-state index contributed by atoms with van der Waals surface area (Å²) in [5.41, 5.74) is 1.25. The van der Waals surface area contributed by atoms with E-state index in [9.17, 15) is 0 Å². The molecule has 0 amide bonds. The third-order valence-corrected chi connectivity index (χ3v) is 5.00. The van der Waals surface area contributed by atoms with Gasteiger partial charge in [0.15, 0.2) is 0 Å². The van der Waals surface area contributed by atoms with Crippen molar-refractivity contribution in [2.45, 2.75) is 31.5 Å². The number of ether oxygens (including phenoxy) is 2. The van der Waals surface area contributed by atoms with E-state index < -0.39 is 0 Å². The number of nitrogens with zero attached hydrogens (tertiary/aromatic N) is 1. The van der Waals surface area contributed by atoms with Gasteiger partial charge in [-0.05, 0) is 53.0 Å². The van der Waals surface area contributed by atoms with Gasteiger partial charge in [-0.15, -0.1) is 0 Å². The van der Waals surface area contributed by atoms with Gasteiger partial charge >= 0.3 is 0 Å². The Morgan fingerprint density at radius 1 is 1.48 bits per heavy atom. The van der Waals surface area contributed by atoms with Gasteiger partial charge in [0.25, 0.3) is 0 Å². The highest BCUT2D eigenvalue weighted by molar-refractivity contribution is 9.10. The zero-order valence-corrected chi connectivity index (χ0v) is 14.1. The molecule has 2 saturated heterocycles. The van der Waals surface area contributed by atoms with E-state index in [1.165, 1.54) is 24.9 Å². The molecule has 0 saturated carbocycles. The van der Waals surface area contributed by atoms with Crippen molar-refractivity contribution < 1.29 is 9.47 Å². The molecule has 3 rings (SSSR count). The quantitative estimate of drug-likeness (QED) is 0.880. The van der Waals surface area contributed by atoms with Gasteiger partial charge < -0.3 is 14.8 Å². The van der Waals surface area contributed by atoms with Crippen molar-refractivity contribution in [3.8, 4) is 5.75 Å². The van der Waals surface area contributed by atoms with E-state index in [4.69, 9.17) is 9.47 Å². The van der Waals surface area contributed by atoms with Gasteiger partial charge in [0.1, 0.15) is 5.75 Å². The molecule has 5 heteroatoms. The Morgan fingerprint density at radius 3 is 3.19 bits per heavy atom. The molecule has 1 N–H and O–H groups in total. The van der Waals surface area contributed by atoms with E-state index in [1.54, 1.807) is 7.11 Å². The Hall–Kier alpha value is -0.620. The molecule has 116 valence electrons. The minimum atomic E-state index is 0.320. The van der Waals surface area contributed by atoms with Crippen molar-refractivity contribution in [2.75, 3.05) is 33.4 Å². The van der Waals surface area contributed by atoms with Crippen LogP contribution >= 0.6 is 15.9 Å². The van der Waals surface area contributed by atoms with Crippen molar-refractivity contribution >= 4 is 15.9 Å². The number of rotatable bonds is 5. The van der Waals surface area contributed by atoms with Gasteiger partial charge in [0.05, 0.1) is 24.3 Å². The molecule has 0 aromatic heterocycles. The zero-order valence-electron chi connectivity index (χ0n) is 12.5. The Morgan fingerprint density at radius 2 is 2.38 bits per heavy atom. The largest absolute Gasteiger partial charge is 0.496 e. The lowest BCUT2D eigenvalue weighted by Crippen LogP contribution is -2.49. The first kappa shape index (κ1) is 15.3. The Balaban J connectivity index is 1.44. The van der Waals surface area contributed by atoms with Gasteiger partial charge in [-0.3, -0.25) is 4.90 Å². The fourth-order valence-electron chi connectivity index (χ4n) is 3.21. The minimum Gasteiger partial charge on any atom is -0.496 e. The summed E-state index contributed by atoms with van der Waals surface area (Å²) in [5, 5.41) is 3.50. The summed E-state index contributed by atoms with van der Waals surface area (Å²) in [6.45, 7) is 4.99. The number of hydrogen-bond donors (Lipinski definition) is 1. The van der Waals surface area contributed by atoms with E-state index in [-0.39, 0.29) is 0 Å². The van der Waals surface area contributed by atoms with Gasteiger partial charge in [0.2, 0.25) is 0 Å². The highest BCUT2D eigenvalue weighted by Gasteiger charge is 2.31. The number of morpholine rings is 1. The molecule has 2 atom stereocenters. The second-order valence-electron chi connectivity index (χ2n) is 5.85. The van der Waals surface area contributed by atoms with Crippen molar-refractivity contribution in [3.05, 3.63) is 28.2 Å². The first-order chi connectivity index (χ1) is 10.3. The molecule has 0 radical (unpaired) electrons. The van der Waals surface area contributed by atoms with Gasteiger partial charge in [0, 0.05) is 25.7 Å². The van der Waals surface area contributed by atoms with Crippen LogP contribution in [-0.4, -0.2) is 50.4 Å². The highest BCUT2D eigenvalue weighted by Crippen LogP contribution is 2.25. The van der Waals surface area contributed by atoms with E-state index in [2.05, 4.69) is 38.3 Å². The molecule has 2 aliphatic rings.